The molecule has 11 atom stereocenters. The summed E-state index contributed by atoms with van der Waals surface area (Å²) in [7, 11) is 0. The van der Waals surface area contributed by atoms with Crippen LogP contribution in [0.2, 0.25) is 0 Å². The Bertz CT molecular complexity index is 839. The molecule has 0 spiro atoms. The highest BCUT2D eigenvalue weighted by atomic mass is 16.3. The highest BCUT2D eigenvalue weighted by Crippen LogP contribution is 2.68. The van der Waals surface area contributed by atoms with Crippen LogP contribution in [-0.4, -0.2) is 72.5 Å². The molecule has 4 aliphatic rings. The largest absolute Gasteiger partial charge is 0.396 e. The first-order valence-corrected chi connectivity index (χ1v) is 13.1. The smallest absolute Gasteiger partial charge is 0.159 e. The van der Waals surface area contributed by atoms with Crippen molar-refractivity contribution in [3.8, 4) is 0 Å². The number of carbonyl (C=O) groups excluding carboxylic acids is 1. The van der Waals surface area contributed by atoms with Gasteiger partial charge in [-0.2, -0.15) is 0 Å². The second-order valence-electron chi connectivity index (χ2n) is 12.7. The molecule has 0 aromatic heterocycles. The number of hydrogen-bond acceptors (Lipinski definition) is 7. The first kappa shape index (κ1) is 26.2. The fourth-order valence-electron chi connectivity index (χ4n) is 8.37. The number of fused-ring (bicyclic) bond motifs is 5. The third kappa shape index (κ3) is 3.65. The second-order valence-corrected chi connectivity index (χ2v) is 12.7. The summed E-state index contributed by atoms with van der Waals surface area (Å²) in [6.45, 7) is 7.59. The number of allylic oxidation sites excluding steroid dienone is 1. The molecule has 3 saturated carbocycles. The normalized spacial score (nSPS) is 47.6. The maximum Gasteiger partial charge on any atom is 0.159 e. The molecular weight excluding hydrogens is 436 g/mol. The molecule has 0 aromatic carbocycles. The Morgan fingerprint density at radius 3 is 2.44 bits per heavy atom. The Hall–Kier alpha value is -0.830. The van der Waals surface area contributed by atoms with E-state index in [1.165, 1.54) is 0 Å². The van der Waals surface area contributed by atoms with Crippen LogP contribution in [0, 0.1) is 34.5 Å². The molecule has 4 rings (SSSR count). The summed E-state index contributed by atoms with van der Waals surface area (Å²) >= 11 is 0. The van der Waals surface area contributed by atoms with Crippen molar-refractivity contribution >= 4 is 5.78 Å². The molecule has 6 N–H and O–H groups in total. The molecule has 1 unspecified atom stereocenters. The lowest BCUT2D eigenvalue weighted by molar-refractivity contribution is -0.176. The fraction of sp³-hybridized carbons (Fsp3) is 0.889. The van der Waals surface area contributed by atoms with Gasteiger partial charge in [0.1, 0.15) is 0 Å². The number of hydrogen-bond donors (Lipinski definition) is 6. The Kier molecular flexibility index (Phi) is 6.66. The first-order valence-electron chi connectivity index (χ1n) is 13.1. The zero-order valence-corrected chi connectivity index (χ0v) is 21.1. The van der Waals surface area contributed by atoms with Crippen molar-refractivity contribution in [2.75, 3.05) is 6.61 Å². The molecule has 3 fully saturated rings. The molecule has 4 aliphatic carbocycles. The van der Waals surface area contributed by atoms with Crippen LogP contribution in [0.15, 0.2) is 11.6 Å². The van der Waals surface area contributed by atoms with Gasteiger partial charge in [-0.15, -0.1) is 0 Å². The van der Waals surface area contributed by atoms with E-state index in [1.807, 2.05) is 20.8 Å². The summed E-state index contributed by atoms with van der Waals surface area (Å²) in [5, 5.41) is 64.7. The van der Waals surface area contributed by atoms with E-state index < -0.39 is 40.3 Å². The van der Waals surface area contributed by atoms with Gasteiger partial charge in [-0.3, -0.25) is 4.79 Å². The van der Waals surface area contributed by atoms with E-state index in [0.29, 0.717) is 38.5 Å². The predicted octanol–water partition coefficient (Wildman–Crippen LogP) is 1.71. The van der Waals surface area contributed by atoms with Crippen molar-refractivity contribution in [3.63, 3.8) is 0 Å². The summed E-state index contributed by atoms with van der Waals surface area (Å²) in [5.74, 6) is -0.859. The van der Waals surface area contributed by atoms with Gasteiger partial charge < -0.3 is 30.6 Å². The average molecular weight is 481 g/mol. The van der Waals surface area contributed by atoms with E-state index in [2.05, 4.69) is 0 Å². The Morgan fingerprint density at radius 1 is 1.12 bits per heavy atom. The van der Waals surface area contributed by atoms with Crippen molar-refractivity contribution in [1.82, 2.24) is 0 Å². The third-order valence-corrected chi connectivity index (χ3v) is 10.7. The van der Waals surface area contributed by atoms with Gasteiger partial charge in [-0.1, -0.05) is 20.8 Å². The number of ketones is 1. The lowest BCUT2D eigenvalue weighted by Crippen LogP contribution is -2.62. The monoisotopic (exact) mass is 480 g/mol. The molecule has 0 saturated heterocycles. The minimum absolute atomic E-state index is 0.0326. The van der Waals surface area contributed by atoms with Crippen LogP contribution in [0.5, 0.6) is 0 Å². The first-order chi connectivity index (χ1) is 15.7. The third-order valence-electron chi connectivity index (χ3n) is 10.7. The van der Waals surface area contributed by atoms with E-state index in [-0.39, 0.29) is 42.5 Å². The zero-order valence-electron chi connectivity index (χ0n) is 21.1. The number of aliphatic hydroxyl groups is 6. The van der Waals surface area contributed by atoms with Crippen LogP contribution in [-0.2, 0) is 4.79 Å². The molecule has 0 amide bonds. The van der Waals surface area contributed by atoms with Gasteiger partial charge >= 0.3 is 0 Å². The Labute approximate surface area is 202 Å². The van der Waals surface area contributed by atoms with E-state index in [1.54, 1.807) is 13.0 Å². The minimum atomic E-state index is -1.42. The molecule has 7 heteroatoms. The highest BCUT2D eigenvalue weighted by Gasteiger charge is 2.69. The topological polar surface area (TPSA) is 138 Å². The van der Waals surface area contributed by atoms with Crippen LogP contribution in [0.4, 0.5) is 0 Å². The zero-order chi connectivity index (χ0) is 25.3. The van der Waals surface area contributed by atoms with Crippen LogP contribution in [0.3, 0.4) is 0 Å². The Morgan fingerprint density at radius 2 is 1.79 bits per heavy atom. The Balaban J connectivity index is 1.65. The minimum Gasteiger partial charge on any atom is -0.396 e. The van der Waals surface area contributed by atoms with Crippen molar-refractivity contribution < 1.29 is 35.4 Å². The SMILES string of the molecule is C[C@H](CO)CC[C@@H](O)C(C)(O)[C@H]1CC[C@]2(O)C3=CC(=O)[C@@H]4C[C@@H](O)[C@@H](O)C[C@]4(C)[C@H]3CC[C@]12C. The summed E-state index contributed by atoms with van der Waals surface area (Å²) in [6.07, 6.45) is 2.65. The summed E-state index contributed by atoms with van der Waals surface area (Å²) in [4.78, 5) is 13.3. The summed E-state index contributed by atoms with van der Waals surface area (Å²) < 4.78 is 0. The van der Waals surface area contributed by atoms with E-state index in [9.17, 15) is 35.4 Å². The van der Waals surface area contributed by atoms with Crippen molar-refractivity contribution in [2.24, 2.45) is 34.5 Å². The van der Waals surface area contributed by atoms with Gasteiger partial charge in [0.15, 0.2) is 5.78 Å². The van der Waals surface area contributed by atoms with Crippen LogP contribution < -0.4 is 0 Å². The highest BCUT2D eigenvalue weighted by molar-refractivity contribution is 5.95. The molecule has 194 valence electrons. The second kappa shape index (κ2) is 8.63. The quantitative estimate of drug-likeness (QED) is 0.340. The van der Waals surface area contributed by atoms with Crippen molar-refractivity contribution in [1.29, 1.82) is 0 Å². The van der Waals surface area contributed by atoms with Gasteiger partial charge in [0.25, 0.3) is 0 Å². The number of aliphatic hydroxyl groups excluding tert-OH is 4. The molecule has 0 aliphatic heterocycles. The molecule has 0 aromatic rings. The molecule has 0 bridgehead atoms. The fourth-order valence-corrected chi connectivity index (χ4v) is 8.37. The molecule has 0 heterocycles. The molecular formula is C27H44O7. The summed E-state index contributed by atoms with van der Waals surface area (Å²) in [5.41, 5.74) is -3.21. The van der Waals surface area contributed by atoms with E-state index in [4.69, 9.17) is 0 Å². The maximum atomic E-state index is 13.3. The van der Waals surface area contributed by atoms with Gasteiger partial charge in [0, 0.05) is 17.9 Å². The van der Waals surface area contributed by atoms with Crippen LogP contribution in [0.25, 0.3) is 0 Å². The van der Waals surface area contributed by atoms with Gasteiger partial charge in [0.2, 0.25) is 0 Å². The van der Waals surface area contributed by atoms with E-state index in [0.717, 1.165) is 12.0 Å². The van der Waals surface area contributed by atoms with Gasteiger partial charge in [-0.05, 0) is 93.1 Å². The maximum absolute atomic E-state index is 13.3. The number of rotatable bonds is 6. The van der Waals surface area contributed by atoms with Gasteiger partial charge in [-0.25, -0.2) is 0 Å². The molecule has 0 radical (unpaired) electrons. The molecule has 7 nitrogen and oxygen atoms in total. The lowest BCUT2D eigenvalue weighted by Gasteiger charge is -2.60. The summed E-state index contributed by atoms with van der Waals surface area (Å²) in [6, 6.07) is 0. The standard InChI is InChI=1S/C27H44O7/c1-15(14-28)5-6-23(32)26(4,33)22-8-10-27(34)17-11-19(29)18-12-20(30)21(31)13-24(18,2)16(17)7-9-25(22,27)3/h11,15-16,18,20-23,28,30-34H,5-10,12-14H2,1-4H3/t15-,16-,18-,20+,21-,22-,23+,24+,25+,26?,27-/m0/s1. The van der Waals surface area contributed by atoms with Crippen molar-refractivity contribution in [3.05, 3.63) is 11.6 Å². The predicted molar refractivity (Wildman–Crippen MR) is 127 cm³/mol. The van der Waals surface area contributed by atoms with Crippen LogP contribution >= 0.6 is 0 Å². The average Bonchev–Trinajstić information content (AvgIpc) is 3.06. The molecule has 34 heavy (non-hydrogen) atoms. The van der Waals surface area contributed by atoms with Crippen LogP contribution in [0.1, 0.15) is 79.1 Å². The van der Waals surface area contributed by atoms with Crippen molar-refractivity contribution in [2.45, 2.75) is 109 Å². The van der Waals surface area contributed by atoms with Gasteiger partial charge in [0.05, 0.1) is 29.5 Å². The lowest BCUT2D eigenvalue weighted by atomic mass is 9.45. The number of carbonyl (C=O) groups is 1. The van der Waals surface area contributed by atoms with E-state index >= 15 is 0 Å².